The zero-order chi connectivity index (χ0) is 13.1. The number of aromatic nitrogens is 1. The number of hydrogen-bond acceptors (Lipinski definition) is 2. The van der Waals surface area contributed by atoms with Crippen LogP contribution in [0.4, 0.5) is 5.69 Å². The van der Waals surface area contributed by atoms with E-state index in [9.17, 15) is 4.79 Å². The zero-order valence-electron chi connectivity index (χ0n) is 9.58. The second-order valence-corrected chi connectivity index (χ2v) is 5.43. The molecule has 1 heterocycles. The second kappa shape index (κ2) is 5.67. The number of aryl methyl sites for hydroxylation is 1. The van der Waals surface area contributed by atoms with Crippen LogP contribution in [0.1, 0.15) is 15.9 Å². The van der Waals surface area contributed by atoms with E-state index in [1.165, 1.54) is 0 Å². The SMILES string of the molecule is Cc1cncc(NC(=O)c2cc(Cl)ccc2I)c1. The zero-order valence-corrected chi connectivity index (χ0v) is 12.5. The van der Waals surface area contributed by atoms with Crippen LogP contribution in [-0.4, -0.2) is 10.9 Å². The Bertz CT molecular complexity index is 601. The molecule has 3 nitrogen and oxygen atoms in total. The lowest BCUT2D eigenvalue weighted by Crippen LogP contribution is -2.13. The van der Waals surface area contributed by atoms with Gasteiger partial charge in [0.1, 0.15) is 0 Å². The summed E-state index contributed by atoms with van der Waals surface area (Å²) in [5.74, 6) is -0.186. The van der Waals surface area contributed by atoms with Crippen molar-refractivity contribution in [2.45, 2.75) is 6.92 Å². The third kappa shape index (κ3) is 3.20. The van der Waals surface area contributed by atoms with E-state index in [0.717, 1.165) is 9.13 Å². The van der Waals surface area contributed by atoms with Gasteiger partial charge in [0.2, 0.25) is 0 Å². The summed E-state index contributed by atoms with van der Waals surface area (Å²) in [4.78, 5) is 16.1. The Morgan fingerprint density at radius 2 is 2.11 bits per heavy atom. The highest BCUT2D eigenvalue weighted by molar-refractivity contribution is 14.1. The molecule has 0 aliphatic rings. The molecule has 1 N–H and O–H groups in total. The summed E-state index contributed by atoms with van der Waals surface area (Å²) < 4.78 is 0.857. The fraction of sp³-hybridized carbons (Fsp3) is 0.0769. The predicted molar refractivity (Wildman–Crippen MR) is 81.1 cm³/mol. The molecule has 0 spiro atoms. The molecule has 0 bridgehead atoms. The number of rotatable bonds is 2. The molecule has 0 saturated heterocycles. The van der Waals surface area contributed by atoms with Crippen molar-refractivity contribution in [1.82, 2.24) is 4.98 Å². The molecule has 1 aromatic carbocycles. The normalized spacial score (nSPS) is 10.2. The van der Waals surface area contributed by atoms with Crippen LogP contribution in [0.25, 0.3) is 0 Å². The molecule has 1 amide bonds. The van der Waals surface area contributed by atoms with Gasteiger partial charge < -0.3 is 5.32 Å². The van der Waals surface area contributed by atoms with Crippen molar-refractivity contribution in [2.24, 2.45) is 0 Å². The molecule has 5 heteroatoms. The van der Waals surface area contributed by atoms with E-state index in [2.05, 4.69) is 32.9 Å². The maximum absolute atomic E-state index is 12.1. The van der Waals surface area contributed by atoms with Crippen molar-refractivity contribution in [1.29, 1.82) is 0 Å². The molecule has 0 aliphatic carbocycles. The van der Waals surface area contributed by atoms with Crippen LogP contribution in [0.5, 0.6) is 0 Å². The predicted octanol–water partition coefficient (Wildman–Crippen LogP) is 3.90. The first-order chi connectivity index (χ1) is 8.56. The number of amides is 1. The van der Waals surface area contributed by atoms with Gasteiger partial charge in [-0.1, -0.05) is 11.6 Å². The number of benzene rings is 1. The molecule has 2 aromatic rings. The van der Waals surface area contributed by atoms with Crippen molar-refractivity contribution in [2.75, 3.05) is 5.32 Å². The minimum absolute atomic E-state index is 0.186. The Morgan fingerprint density at radius 1 is 1.33 bits per heavy atom. The molecule has 18 heavy (non-hydrogen) atoms. The Morgan fingerprint density at radius 3 is 2.83 bits per heavy atom. The first-order valence-corrected chi connectivity index (χ1v) is 6.70. The number of pyridine rings is 1. The third-order valence-electron chi connectivity index (χ3n) is 2.31. The van der Waals surface area contributed by atoms with Crippen LogP contribution in [-0.2, 0) is 0 Å². The number of halogens is 2. The Hall–Kier alpha value is -1.14. The smallest absolute Gasteiger partial charge is 0.256 e. The summed E-state index contributed by atoms with van der Waals surface area (Å²) >= 11 is 8.00. The average molecular weight is 373 g/mol. The quantitative estimate of drug-likeness (QED) is 0.813. The van der Waals surface area contributed by atoms with Gasteiger partial charge in [0.05, 0.1) is 17.4 Å². The summed E-state index contributed by atoms with van der Waals surface area (Å²) in [6.45, 7) is 1.92. The van der Waals surface area contributed by atoms with Gasteiger partial charge in [0.15, 0.2) is 0 Å². The van der Waals surface area contributed by atoms with Gasteiger partial charge in [-0.15, -0.1) is 0 Å². The third-order valence-corrected chi connectivity index (χ3v) is 3.48. The highest BCUT2D eigenvalue weighted by atomic mass is 127. The Balaban J connectivity index is 2.24. The summed E-state index contributed by atoms with van der Waals surface area (Å²) in [6, 6.07) is 7.09. The van der Waals surface area contributed by atoms with E-state index in [1.54, 1.807) is 24.5 Å². The van der Waals surface area contributed by atoms with Gasteiger partial charge in [-0.2, -0.15) is 0 Å². The maximum atomic E-state index is 12.1. The monoisotopic (exact) mass is 372 g/mol. The molecular formula is C13H10ClIN2O. The molecule has 0 unspecified atom stereocenters. The largest absolute Gasteiger partial charge is 0.321 e. The van der Waals surface area contributed by atoms with E-state index >= 15 is 0 Å². The van der Waals surface area contributed by atoms with Gasteiger partial charge in [-0.25, -0.2) is 0 Å². The van der Waals surface area contributed by atoms with Crippen LogP contribution < -0.4 is 5.32 Å². The van der Waals surface area contributed by atoms with Crippen molar-refractivity contribution in [3.63, 3.8) is 0 Å². The molecule has 1 aromatic heterocycles. The summed E-state index contributed by atoms with van der Waals surface area (Å²) in [7, 11) is 0. The lowest BCUT2D eigenvalue weighted by Gasteiger charge is -2.07. The molecular weight excluding hydrogens is 363 g/mol. The Kier molecular flexibility index (Phi) is 4.19. The van der Waals surface area contributed by atoms with Crippen LogP contribution in [0.15, 0.2) is 36.7 Å². The standard InChI is InChI=1S/C13H10ClIN2O/c1-8-4-10(7-16-6-8)17-13(18)11-5-9(14)2-3-12(11)15/h2-7H,1H3,(H,17,18). The number of carbonyl (C=O) groups is 1. The number of hydrogen-bond donors (Lipinski definition) is 1. The molecule has 0 saturated carbocycles. The van der Waals surface area contributed by atoms with E-state index in [4.69, 9.17) is 11.6 Å². The number of carbonyl (C=O) groups excluding carboxylic acids is 1. The molecule has 0 fully saturated rings. The minimum Gasteiger partial charge on any atom is -0.321 e. The summed E-state index contributed by atoms with van der Waals surface area (Å²) in [6.07, 6.45) is 3.35. The number of nitrogens with zero attached hydrogens (tertiary/aromatic N) is 1. The van der Waals surface area contributed by atoms with Crippen LogP contribution in [0.3, 0.4) is 0 Å². The van der Waals surface area contributed by atoms with Crippen LogP contribution in [0, 0.1) is 10.5 Å². The molecule has 0 radical (unpaired) electrons. The molecule has 92 valence electrons. The van der Waals surface area contributed by atoms with E-state index in [1.807, 2.05) is 19.1 Å². The molecule has 0 atom stereocenters. The van der Waals surface area contributed by atoms with E-state index in [0.29, 0.717) is 16.3 Å². The molecule has 2 rings (SSSR count). The summed E-state index contributed by atoms with van der Waals surface area (Å²) in [5.41, 5.74) is 2.23. The minimum atomic E-state index is -0.186. The van der Waals surface area contributed by atoms with Gasteiger partial charge in [0.25, 0.3) is 5.91 Å². The van der Waals surface area contributed by atoms with Gasteiger partial charge in [-0.05, 0) is 59.3 Å². The highest BCUT2D eigenvalue weighted by Crippen LogP contribution is 2.19. The van der Waals surface area contributed by atoms with Gasteiger partial charge in [-0.3, -0.25) is 9.78 Å². The topological polar surface area (TPSA) is 42.0 Å². The van der Waals surface area contributed by atoms with Crippen LogP contribution in [0.2, 0.25) is 5.02 Å². The van der Waals surface area contributed by atoms with E-state index < -0.39 is 0 Å². The number of nitrogens with one attached hydrogen (secondary N) is 1. The maximum Gasteiger partial charge on any atom is 0.256 e. The van der Waals surface area contributed by atoms with Crippen molar-refractivity contribution >= 4 is 45.8 Å². The lowest BCUT2D eigenvalue weighted by atomic mass is 10.2. The Labute approximate surface area is 124 Å². The number of anilines is 1. The van der Waals surface area contributed by atoms with Crippen molar-refractivity contribution in [3.8, 4) is 0 Å². The van der Waals surface area contributed by atoms with Crippen molar-refractivity contribution < 1.29 is 4.79 Å². The first kappa shape index (κ1) is 13.3. The van der Waals surface area contributed by atoms with E-state index in [-0.39, 0.29) is 5.91 Å². The first-order valence-electron chi connectivity index (χ1n) is 5.24. The lowest BCUT2D eigenvalue weighted by molar-refractivity contribution is 0.102. The van der Waals surface area contributed by atoms with Gasteiger partial charge >= 0.3 is 0 Å². The second-order valence-electron chi connectivity index (χ2n) is 3.83. The molecule has 0 aliphatic heterocycles. The summed E-state index contributed by atoms with van der Waals surface area (Å²) in [5, 5.41) is 3.35. The van der Waals surface area contributed by atoms with Gasteiger partial charge in [0, 0.05) is 14.8 Å². The fourth-order valence-electron chi connectivity index (χ4n) is 1.49. The van der Waals surface area contributed by atoms with Crippen LogP contribution >= 0.6 is 34.2 Å². The highest BCUT2D eigenvalue weighted by Gasteiger charge is 2.11. The average Bonchev–Trinajstić information content (AvgIpc) is 2.32. The fourth-order valence-corrected chi connectivity index (χ4v) is 2.25. The van der Waals surface area contributed by atoms with Crippen molar-refractivity contribution in [3.05, 3.63) is 56.4 Å².